The third kappa shape index (κ3) is 8.57. The van der Waals surface area contributed by atoms with Crippen molar-refractivity contribution in [3.05, 3.63) is 0 Å². The van der Waals surface area contributed by atoms with Gasteiger partial charge < -0.3 is 9.63 Å². The summed E-state index contributed by atoms with van der Waals surface area (Å²) in [5, 5.41) is 0. The molecule has 0 aliphatic carbocycles. The molecule has 0 spiro atoms. The second-order valence-electron chi connectivity index (χ2n) is 3.28. The Kier molecular flexibility index (Phi) is 6.76. The van der Waals surface area contributed by atoms with Crippen LogP contribution in [0.1, 0.15) is 27.2 Å². The summed E-state index contributed by atoms with van der Waals surface area (Å²) in [6.45, 7) is 4.80. The lowest BCUT2D eigenvalue weighted by Gasteiger charge is -2.13. The monoisotopic (exact) mass is 240 g/mol. The molecule has 0 radical (unpaired) electrons. The minimum absolute atomic E-state index is 0.107. The van der Waals surface area contributed by atoms with Gasteiger partial charge in [-0.25, -0.2) is 9.09 Å². The fourth-order valence-corrected chi connectivity index (χ4v) is 1.29. The van der Waals surface area contributed by atoms with E-state index in [0.29, 0.717) is 0 Å². The fourth-order valence-electron chi connectivity index (χ4n) is 0.541. The van der Waals surface area contributed by atoms with E-state index in [4.69, 9.17) is 4.89 Å². The van der Waals surface area contributed by atoms with Crippen LogP contribution in [0.2, 0.25) is 0 Å². The molecule has 0 aromatic carbocycles. The van der Waals surface area contributed by atoms with Gasteiger partial charge in [0.2, 0.25) is 6.79 Å². The van der Waals surface area contributed by atoms with Gasteiger partial charge in [-0.15, -0.1) is 0 Å². The Hall–Kier alpha value is -0.420. The largest absolute Gasteiger partial charge is 0.475 e. The summed E-state index contributed by atoms with van der Waals surface area (Å²) in [7, 11) is -4.09. The molecule has 0 amide bonds. The Labute approximate surface area is 89.1 Å². The van der Waals surface area contributed by atoms with Crippen LogP contribution in [0.15, 0.2) is 0 Å². The van der Waals surface area contributed by atoms with E-state index >= 15 is 0 Å². The van der Waals surface area contributed by atoms with Crippen molar-refractivity contribution < 1.29 is 28.0 Å². The van der Waals surface area contributed by atoms with Crippen molar-refractivity contribution in [2.24, 2.45) is 5.92 Å². The molecule has 1 unspecified atom stereocenters. The summed E-state index contributed by atoms with van der Waals surface area (Å²) in [5.74, 6) is -0.383. The third-order valence-corrected chi connectivity index (χ3v) is 2.20. The maximum atomic E-state index is 11.1. The Bertz CT molecular complexity index is 239. The highest BCUT2D eigenvalue weighted by atomic mass is 31.2. The average molecular weight is 240 g/mol. The van der Waals surface area contributed by atoms with E-state index in [1.54, 1.807) is 6.92 Å². The van der Waals surface area contributed by atoms with E-state index < -0.39 is 20.6 Å². The summed E-state index contributed by atoms with van der Waals surface area (Å²) < 4.78 is 24.6. The lowest BCUT2D eigenvalue weighted by Crippen LogP contribution is -2.08. The zero-order valence-corrected chi connectivity index (χ0v) is 10.0. The van der Waals surface area contributed by atoms with Crippen molar-refractivity contribution in [3.8, 4) is 0 Å². The van der Waals surface area contributed by atoms with Gasteiger partial charge in [0.1, 0.15) is 0 Å². The van der Waals surface area contributed by atoms with Crippen molar-refractivity contribution >= 4 is 13.8 Å². The summed E-state index contributed by atoms with van der Waals surface area (Å²) >= 11 is 0. The molecule has 0 aromatic heterocycles. The fraction of sp³-hybridized carbons (Fsp3) is 0.875. The minimum Gasteiger partial charge on any atom is -0.438 e. The third-order valence-electron chi connectivity index (χ3n) is 1.30. The van der Waals surface area contributed by atoms with E-state index in [2.05, 4.69) is 13.8 Å². The van der Waals surface area contributed by atoms with Crippen molar-refractivity contribution in [1.29, 1.82) is 0 Å². The molecule has 90 valence electrons. The smallest absolute Gasteiger partial charge is 0.438 e. The highest BCUT2D eigenvalue weighted by molar-refractivity contribution is 7.47. The van der Waals surface area contributed by atoms with Gasteiger partial charge in [0.15, 0.2) is 0 Å². The van der Waals surface area contributed by atoms with Crippen LogP contribution in [0, 0.1) is 5.92 Å². The number of rotatable bonds is 7. The highest BCUT2D eigenvalue weighted by Gasteiger charge is 2.21. The quantitative estimate of drug-likeness (QED) is 0.414. The first-order valence-electron chi connectivity index (χ1n) is 4.65. The zero-order chi connectivity index (χ0) is 11.9. The van der Waals surface area contributed by atoms with Gasteiger partial charge in [0.05, 0.1) is 6.61 Å². The first-order valence-corrected chi connectivity index (χ1v) is 6.14. The first-order chi connectivity index (χ1) is 6.87. The summed E-state index contributed by atoms with van der Waals surface area (Å²) in [5.41, 5.74) is 0. The molecular weight excluding hydrogens is 223 g/mol. The van der Waals surface area contributed by atoms with Crippen LogP contribution in [-0.4, -0.2) is 24.3 Å². The maximum absolute atomic E-state index is 11.1. The molecular formula is C8H17O6P. The van der Waals surface area contributed by atoms with Gasteiger partial charge >= 0.3 is 13.8 Å². The van der Waals surface area contributed by atoms with Crippen molar-refractivity contribution in [3.63, 3.8) is 0 Å². The molecule has 0 fully saturated rings. The molecule has 6 nitrogen and oxygen atoms in total. The van der Waals surface area contributed by atoms with E-state index in [9.17, 15) is 9.36 Å². The maximum Gasteiger partial charge on any atom is 0.475 e. The van der Waals surface area contributed by atoms with Gasteiger partial charge in [-0.1, -0.05) is 20.8 Å². The number of phosphoric ester groups is 1. The summed E-state index contributed by atoms with van der Waals surface area (Å²) in [6.07, 6.45) is 0.186. The van der Waals surface area contributed by atoms with E-state index in [-0.39, 0.29) is 18.9 Å². The number of ether oxygens (including phenoxy) is 1. The molecule has 0 rings (SSSR count). The molecule has 1 N–H and O–H groups in total. The van der Waals surface area contributed by atoms with Crippen LogP contribution in [0.3, 0.4) is 0 Å². The van der Waals surface area contributed by atoms with Crippen LogP contribution < -0.4 is 0 Å². The first kappa shape index (κ1) is 14.6. The van der Waals surface area contributed by atoms with Gasteiger partial charge in [0, 0.05) is 6.42 Å². The average Bonchev–Trinajstić information content (AvgIpc) is 2.14. The summed E-state index contributed by atoms with van der Waals surface area (Å²) in [6, 6.07) is 0. The predicted octanol–water partition coefficient (Wildman–Crippen LogP) is 1.69. The van der Waals surface area contributed by atoms with Crippen molar-refractivity contribution in [2.45, 2.75) is 27.2 Å². The molecule has 0 bridgehead atoms. The van der Waals surface area contributed by atoms with Crippen LogP contribution in [0.5, 0.6) is 0 Å². The Morgan fingerprint density at radius 1 is 1.40 bits per heavy atom. The van der Waals surface area contributed by atoms with Crippen molar-refractivity contribution in [1.82, 2.24) is 0 Å². The number of phosphoric acid groups is 1. The number of hydrogen-bond donors (Lipinski definition) is 1. The van der Waals surface area contributed by atoms with Crippen LogP contribution in [-0.2, 0) is 23.1 Å². The number of carbonyl (C=O) groups is 1. The lowest BCUT2D eigenvalue weighted by atomic mass is 10.2. The number of carbonyl (C=O) groups excluding carboxylic acids is 1. The molecule has 1 atom stereocenters. The van der Waals surface area contributed by atoms with E-state index in [1.165, 1.54) is 0 Å². The Morgan fingerprint density at radius 2 is 2.00 bits per heavy atom. The standard InChI is InChI=1S/C8H17O6P/c1-4-8(9)12-6-14-15(10,11)13-5-7(2)3/h7H,4-6H2,1-3H3,(H,10,11). The van der Waals surface area contributed by atoms with Crippen LogP contribution in [0.25, 0.3) is 0 Å². The van der Waals surface area contributed by atoms with Gasteiger partial charge in [-0.05, 0) is 5.92 Å². The van der Waals surface area contributed by atoms with E-state index in [0.717, 1.165) is 0 Å². The van der Waals surface area contributed by atoms with Crippen molar-refractivity contribution in [2.75, 3.05) is 13.4 Å². The number of esters is 1. The van der Waals surface area contributed by atoms with Gasteiger partial charge in [-0.2, -0.15) is 0 Å². The molecule has 7 heteroatoms. The minimum atomic E-state index is -4.09. The molecule has 0 aromatic rings. The lowest BCUT2D eigenvalue weighted by molar-refractivity contribution is -0.150. The SMILES string of the molecule is CCC(=O)OCOP(=O)(O)OCC(C)C. The zero-order valence-electron chi connectivity index (χ0n) is 9.13. The summed E-state index contributed by atoms with van der Waals surface area (Å²) in [4.78, 5) is 19.7. The molecule has 0 aliphatic heterocycles. The normalized spacial score (nSPS) is 15.0. The molecule has 0 heterocycles. The van der Waals surface area contributed by atoms with E-state index in [1.807, 2.05) is 13.8 Å². The highest BCUT2D eigenvalue weighted by Crippen LogP contribution is 2.43. The second kappa shape index (κ2) is 6.95. The Balaban J connectivity index is 3.74. The predicted molar refractivity (Wildman–Crippen MR) is 53.0 cm³/mol. The van der Waals surface area contributed by atoms with Crippen LogP contribution >= 0.6 is 7.82 Å². The molecule has 0 saturated heterocycles. The van der Waals surface area contributed by atoms with Crippen LogP contribution in [0.4, 0.5) is 0 Å². The van der Waals surface area contributed by atoms with Gasteiger partial charge in [-0.3, -0.25) is 9.32 Å². The molecule has 0 aliphatic rings. The molecule has 15 heavy (non-hydrogen) atoms. The number of hydrogen-bond acceptors (Lipinski definition) is 5. The topological polar surface area (TPSA) is 82.1 Å². The second-order valence-corrected chi connectivity index (χ2v) is 4.73. The Morgan fingerprint density at radius 3 is 2.47 bits per heavy atom. The molecule has 0 saturated carbocycles. The van der Waals surface area contributed by atoms with Gasteiger partial charge in [0.25, 0.3) is 0 Å².